The van der Waals surface area contributed by atoms with Crippen LogP contribution in [-0.2, 0) is 0 Å². The number of thioether (sulfide) groups is 1. The Balaban J connectivity index is 2.23. The average molecular weight is 309 g/mol. The maximum atomic E-state index is 4.33. The van der Waals surface area contributed by atoms with E-state index >= 15 is 0 Å². The number of hydrogen-bond acceptors (Lipinski definition) is 3. The summed E-state index contributed by atoms with van der Waals surface area (Å²) in [6, 6.07) is 10.4. The molecule has 0 aliphatic carbocycles. The average Bonchev–Trinajstić information content (AvgIpc) is 2.29. The molecule has 17 heavy (non-hydrogen) atoms. The maximum absolute atomic E-state index is 4.33. The number of halogens is 1. The summed E-state index contributed by atoms with van der Waals surface area (Å²) in [7, 11) is 0. The van der Waals surface area contributed by atoms with Crippen molar-refractivity contribution in [1.29, 1.82) is 0 Å². The van der Waals surface area contributed by atoms with E-state index in [-0.39, 0.29) is 0 Å². The SMILES string of the molecule is CC(C)Sc1ccc(-c2ccnc(Br)n2)cc1. The summed E-state index contributed by atoms with van der Waals surface area (Å²) in [5, 5.41) is 0.606. The molecule has 0 amide bonds. The normalized spacial score (nSPS) is 10.8. The summed E-state index contributed by atoms with van der Waals surface area (Å²) in [4.78, 5) is 9.65. The van der Waals surface area contributed by atoms with Gasteiger partial charge in [-0.2, -0.15) is 0 Å². The topological polar surface area (TPSA) is 25.8 Å². The van der Waals surface area contributed by atoms with E-state index in [9.17, 15) is 0 Å². The minimum atomic E-state index is 0.606. The third-order valence-electron chi connectivity index (χ3n) is 2.15. The molecule has 0 radical (unpaired) electrons. The molecule has 1 heterocycles. The van der Waals surface area contributed by atoms with Crippen molar-refractivity contribution < 1.29 is 0 Å². The highest BCUT2D eigenvalue weighted by atomic mass is 79.9. The molecule has 2 nitrogen and oxygen atoms in total. The molecule has 0 unspecified atom stereocenters. The van der Waals surface area contributed by atoms with Crippen LogP contribution in [0.2, 0.25) is 0 Å². The fourth-order valence-electron chi connectivity index (χ4n) is 1.47. The lowest BCUT2D eigenvalue weighted by atomic mass is 10.1. The Kier molecular flexibility index (Phi) is 4.18. The van der Waals surface area contributed by atoms with Gasteiger partial charge < -0.3 is 0 Å². The van der Waals surface area contributed by atoms with Crippen molar-refractivity contribution in [3.63, 3.8) is 0 Å². The van der Waals surface area contributed by atoms with Crippen molar-refractivity contribution in [3.8, 4) is 11.3 Å². The molecule has 0 saturated heterocycles. The largest absolute Gasteiger partial charge is 0.231 e. The summed E-state index contributed by atoms with van der Waals surface area (Å²) in [5.41, 5.74) is 2.05. The number of nitrogens with zero attached hydrogens (tertiary/aromatic N) is 2. The molecule has 1 aromatic carbocycles. The van der Waals surface area contributed by atoms with E-state index in [0.29, 0.717) is 9.98 Å². The summed E-state index contributed by atoms with van der Waals surface area (Å²) in [6.45, 7) is 4.39. The van der Waals surface area contributed by atoms with Crippen molar-refractivity contribution in [3.05, 3.63) is 41.3 Å². The van der Waals surface area contributed by atoms with Crippen LogP contribution in [0.1, 0.15) is 13.8 Å². The number of benzene rings is 1. The molecule has 0 saturated carbocycles. The zero-order valence-electron chi connectivity index (χ0n) is 9.72. The quantitative estimate of drug-likeness (QED) is 0.620. The van der Waals surface area contributed by atoms with Crippen LogP contribution in [0.5, 0.6) is 0 Å². The highest BCUT2D eigenvalue weighted by Gasteiger charge is 2.02. The lowest BCUT2D eigenvalue weighted by Crippen LogP contribution is -1.88. The van der Waals surface area contributed by atoms with Crippen LogP contribution in [0.3, 0.4) is 0 Å². The number of hydrogen-bond donors (Lipinski definition) is 0. The summed E-state index contributed by atoms with van der Waals surface area (Å²) in [6.07, 6.45) is 1.75. The molecule has 4 heteroatoms. The maximum Gasteiger partial charge on any atom is 0.197 e. The van der Waals surface area contributed by atoms with Gasteiger partial charge in [-0.3, -0.25) is 0 Å². The third-order valence-corrected chi connectivity index (χ3v) is 3.55. The Hall–Kier alpha value is -0.870. The molecule has 0 bridgehead atoms. The fraction of sp³-hybridized carbons (Fsp3) is 0.231. The molecule has 1 aromatic heterocycles. The van der Waals surface area contributed by atoms with Crippen LogP contribution < -0.4 is 0 Å². The monoisotopic (exact) mass is 308 g/mol. The Morgan fingerprint density at radius 1 is 1.12 bits per heavy atom. The van der Waals surface area contributed by atoms with Crippen LogP contribution in [0.4, 0.5) is 0 Å². The molecular weight excluding hydrogens is 296 g/mol. The fourth-order valence-corrected chi connectivity index (χ4v) is 2.62. The van der Waals surface area contributed by atoms with E-state index in [4.69, 9.17) is 0 Å². The van der Waals surface area contributed by atoms with Crippen molar-refractivity contribution >= 4 is 27.7 Å². The van der Waals surface area contributed by atoms with Gasteiger partial charge in [-0.1, -0.05) is 26.0 Å². The number of rotatable bonds is 3. The van der Waals surface area contributed by atoms with Gasteiger partial charge in [-0.25, -0.2) is 9.97 Å². The second-order valence-corrected chi connectivity index (χ2v) is 6.26. The van der Waals surface area contributed by atoms with Gasteiger partial charge in [0.15, 0.2) is 4.73 Å². The highest BCUT2D eigenvalue weighted by molar-refractivity contribution is 9.10. The van der Waals surface area contributed by atoms with Crippen LogP contribution >= 0.6 is 27.7 Å². The van der Waals surface area contributed by atoms with Crippen LogP contribution in [0, 0.1) is 0 Å². The zero-order chi connectivity index (χ0) is 12.3. The molecule has 88 valence electrons. The Bertz CT molecular complexity index is 497. The van der Waals surface area contributed by atoms with Gasteiger partial charge in [0.25, 0.3) is 0 Å². The Morgan fingerprint density at radius 3 is 2.41 bits per heavy atom. The number of aromatic nitrogens is 2. The molecule has 2 rings (SSSR count). The molecular formula is C13H13BrN2S. The Labute approximate surface area is 114 Å². The molecule has 0 spiro atoms. The van der Waals surface area contributed by atoms with E-state index in [1.165, 1.54) is 4.90 Å². The van der Waals surface area contributed by atoms with Crippen molar-refractivity contribution in [2.75, 3.05) is 0 Å². The predicted molar refractivity (Wildman–Crippen MR) is 76.2 cm³/mol. The van der Waals surface area contributed by atoms with E-state index in [1.54, 1.807) is 6.20 Å². The standard InChI is InChI=1S/C13H13BrN2S/c1-9(2)17-11-5-3-10(4-6-11)12-7-8-15-13(14)16-12/h3-9H,1-2H3. The zero-order valence-corrected chi connectivity index (χ0v) is 12.1. The molecule has 0 aliphatic rings. The van der Waals surface area contributed by atoms with Crippen LogP contribution in [0.25, 0.3) is 11.3 Å². The second kappa shape index (κ2) is 5.65. The first-order valence-corrected chi connectivity index (χ1v) is 7.08. The minimum absolute atomic E-state index is 0.606. The van der Waals surface area contributed by atoms with Crippen molar-refractivity contribution in [2.24, 2.45) is 0 Å². The Morgan fingerprint density at radius 2 is 1.82 bits per heavy atom. The highest BCUT2D eigenvalue weighted by Crippen LogP contribution is 2.26. The van der Waals surface area contributed by atoms with E-state index in [2.05, 4.69) is 64.0 Å². The summed E-state index contributed by atoms with van der Waals surface area (Å²) < 4.78 is 0.621. The van der Waals surface area contributed by atoms with Gasteiger partial charge in [0.2, 0.25) is 0 Å². The van der Waals surface area contributed by atoms with Gasteiger partial charge >= 0.3 is 0 Å². The van der Waals surface area contributed by atoms with Gasteiger partial charge in [0.1, 0.15) is 0 Å². The van der Waals surface area contributed by atoms with Crippen molar-refractivity contribution in [1.82, 2.24) is 9.97 Å². The second-order valence-electron chi connectivity index (χ2n) is 3.90. The summed E-state index contributed by atoms with van der Waals surface area (Å²) >= 11 is 5.14. The molecule has 0 atom stereocenters. The van der Waals surface area contributed by atoms with Gasteiger partial charge in [-0.15, -0.1) is 11.8 Å². The first kappa shape index (κ1) is 12.6. The van der Waals surface area contributed by atoms with E-state index in [0.717, 1.165) is 11.3 Å². The van der Waals surface area contributed by atoms with Crippen LogP contribution in [-0.4, -0.2) is 15.2 Å². The molecule has 0 fully saturated rings. The lowest BCUT2D eigenvalue weighted by molar-refractivity contribution is 1.11. The van der Waals surface area contributed by atoms with E-state index < -0.39 is 0 Å². The lowest BCUT2D eigenvalue weighted by Gasteiger charge is -2.06. The first-order valence-electron chi connectivity index (χ1n) is 5.41. The molecule has 0 N–H and O–H groups in total. The predicted octanol–water partition coefficient (Wildman–Crippen LogP) is 4.41. The smallest absolute Gasteiger partial charge is 0.197 e. The summed E-state index contributed by atoms with van der Waals surface area (Å²) in [5.74, 6) is 0. The molecule has 2 aromatic rings. The third kappa shape index (κ3) is 3.54. The van der Waals surface area contributed by atoms with E-state index in [1.807, 2.05) is 17.8 Å². The van der Waals surface area contributed by atoms with Gasteiger partial charge in [-0.05, 0) is 34.1 Å². The first-order chi connectivity index (χ1) is 8.15. The van der Waals surface area contributed by atoms with Crippen LogP contribution in [0.15, 0.2) is 46.2 Å². The molecule has 0 aliphatic heterocycles. The van der Waals surface area contributed by atoms with Gasteiger partial charge in [0, 0.05) is 21.9 Å². The van der Waals surface area contributed by atoms with Crippen molar-refractivity contribution in [2.45, 2.75) is 24.0 Å². The minimum Gasteiger partial charge on any atom is -0.231 e. The van der Waals surface area contributed by atoms with Gasteiger partial charge in [0.05, 0.1) is 5.69 Å².